The second kappa shape index (κ2) is 7.48. The molecule has 146 valence electrons. The van der Waals surface area contributed by atoms with Crippen LogP contribution < -0.4 is 5.73 Å². The fourth-order valence-electron chi connectivity index (χ4n) is 2.92. The van der Waals surface area contributed by atoms with Gasteiger partial charge in [0.05, 0.1) is 12.2 Å². The topological polar surface area (TPSA) is 92.6 Å². The second-order valence-corrected chi connectivity index (χ2v) is 7.40. The van der Waals surface area contributed by atoms with Crippen LogP contribution in [0.15, 0.2) is 46.9 Å². The molecule has 0 fully saturated rings. The summed E-state index contributed by atoms with van der Waals surface area (Å²) in [4.78, 5) is 18.3. The molecule has 3 aromatic rings. The molecule has 2 aromatic heterocycles. The highest BCUT2D eigenvalue weighted by molar-refractivity contribution is 5.92. The Balaban J connectivity index is 1.72. The van der Waals surface area contributed by atoms with E-state index >= 15 is 0 Å². The number of amides is 1. The monoisotopic (exact) mass is 379 g/mol. The Morgan fingerprint density at radius 3 is 2.64 bits per heavy atom. The van der Waals surface area contributed by atoms with Gasteiger partial charge in [-0.05, 0) is 45.0 Å². The largest absolute Gasteiger partial charge is 0.459 e. The molecule has 0 aliphatic rings. The summed E-state index contributed by atoms with van der Waals surface area (Å²) in [5.74, 6) is 0.853. The first-order valence-electron chi connectivity index (χ1n) is 9.06. The Bertz CT molecular complexity index is 1040. The molecule has 0 unspecified atom stereocenters. The summed E-state index contributed by atoms with van der Waals surface area (Å²) in [6.45, 7) is 5.65. The Morgan fingerprint density at radius 1 is 1.29 bits per heavy atom. The maximum atomic E-state index is 12.5. The highest BCUT2D eigenvalue weighted by Crippen LogP contribution is 2.26. The minimum absolute atomic E-state index is 0.175. The number of carbonyl (C=O) groups excluding carboxylic acids is 1. The van der Waals surface area contributed by atoms with Gasteiger partial charge in [-0.1, -0.05) is 18.2 Å². The van der Waals surface area contributed by atoms with E-state index in [1.807, 2.05) is 31.2 Å². The lowest BCUT2D eigenvalue weighted by Crippen LogP contribution is -2.24. The zero-order chi connectivity index (χ0) is 20.5. The molecule has 0 spiro atoms. The van der Waals surface area contributed by atoms with Crippen LogP contribution in [-0.4, -0.2) is 27.9 Å². The SMILES string of the molecule is Cc1c(CN(C)C(=O)/C=C/c2ccc(C(C)(C)O)nc2N)oc2ccccc12. The quantitative estimate of drug-likeness (QED) is 0.661. The van der Waals surface area contributed by atoms with Crippen LogP contribution in [0.3, 0.4) is 0 Å². The normalized spacial score (nSPS) is 12.0. The third-order valence-corrected chi connectivity index (χ3v) is 4.69. The van der Waals surface area contributed by atoms with Gasteiger partial charge in [0.25, 0.3) is 0 Å². The van der Waals surface area contributed by atoms with Crippen molar-refractivity contribution in [1.82, 2.24) is 9.88 Å². The number of hydrogen-bond acceptors (Lipinski definition) is 5. The summed E-state index contributed by atoms with van der Waals surface area (Å²) >= 11 is 0. The van der Waals surface area contributed by atoms with E-state index in [2.05, 4.69) is 4.98 Å². The standard InChI is InChI=1S/C22H25N3O3/c1-14-16-7-5-6-8-17(16)28-18(14)13-25(4)20(26)12-10-15-9-11-19(22(2,3)27)24-21(15)23/h5-12,27H,13H2,1-4H3,(H2,23,24)/b12-10+. The number of benzene rings is 1. The average molecular weight is 379 g/mol. The van der Waals surface area contributed by atoms with Crippen LogP contribution in [-0.2, 0) is 16.9 Å². The molecule has 0 aliphatic heterocycles. The van der Waals surface area contributed by atoms with Crippen molar-refractivity contribution in [1.29, 1.82) is 0 Å². The fraction of sp³-hybridized carbons (Fsp3) is 0.273. The lowest BCUT2D eigenvalue weighted by molar-refractivity contribution is -0.125. The van der Waals surface area contributed by atoms with Crippen molar-refractivity contribution in [3.63, 3.8) is 0 Å². The highest BCUT2D eigenvalue weighted by atomic mass is 16.3. The van der Waals surface area contributed by atoms with Crippen LogP contribution >= 0.6 is 0 Å². The molecule has 1 aromatic carbocycles. The van der Waals surface area contributed by atoms with E-state index in [4.69, 9.17) is 10.2 Å². The molecule has 3 rings (SSSR count). The van der Waals surface area contributed by atoms with Gasteiger partial charge in [0.2, 0.25) is 5.91 Å². The van der Waals surface area contributed by atoms with Crippen LogP contribution in [0.1, 0.15) is 36.4 Å². The number of furan rings is 1. The highest BCUT2D eigenvalue weighted by Gasteiger charge is 2.18. The molecule has 0 bridgehead atoms. The van der Waals surface area contributed by atoms with Crippen molar-refractivity contribution in [3.8, 4) is 0 Å². The Hall–Kier alpha value is -3.12. The van der Waals surface area contributed by atoms with E-state index in [1.165, 1.54) is 6.08 Å². The minimum atomic E-state index is -1.07. The molecule has 2 heterocycles. The number of fused-ring (bicyclic) bond motifs is 1. The number of rotatable bonds is 5. The van der Waals surface area contributed by atoms with Crippen LogP contribution in [0.4, 0.5) is 5.82 Å². The summed E-state index contributed by atoms with van der Waals surface area (Å²) in [6.07, 6.45) is 3.08. The van der Waals surface area contributed by atoms with Crippen LogP contribution in [0.25, 0.3) is 17.0 Å². The van der Waals surface area contributed by atoms with E-state index in [0.29, 0.717) is 17.8 Å². The van der Waals surface area contributed by atoms with Crippen molar-refractivity contribution in [2.45, 2.75) is 32.9 Å². The third-order valence-electron chi connectivity index (χ3n) is 4.69. The van der Waals surface area contributed by atoms with Gasteiger partial charge in [0.1, 0.15) is 22.8 Å². The molecule has 6 heteroatoms. The smallest absolute Gasteiger partial charge is 0.246 e. The second-order valence-electron chi connectivity index (χ2n) is 7.40. The summed E-state index contributed by atoms with van der Waals surface area (Å²) in [5.41, 5.74) is 7.83. The molecule has 1 amide bonds. The van der Waals surface area contributed by atoms with E-state index in [-0.39, 0.29) is 11.7 Å². The molecule has 0 aliphatic carbocycles. The van der Waals surface area contributed by atoms with E-state index in [9.17, 15) is 9.90 Å². The first kappa shape index (κ1) is 19.6. The molecule has 0 radical (unpaired) electrons. The fourth-order valence-corrected chi connectivity index (χ4v) is 2.92. The molecule has 0 atom stereocenters. The molecule has 6 nitrogen and oxygen atoms in total. The van der Waals surface area contributed by atoms with Gasteiger partial charge in [-0.2, -0.15) is 0 Å². The summed E-state index contributed by atoms with van der Waals surface area (Å²) < 4.78 is 5.87. The van der Waals surface area contributed by atoms with Gasteiger partial charge >= 0.3 is 0 Å². The zero-order valence-electron chi connectivity index (χ0n) is 16.6. The first-order chi connectivity index (χ1) is 13.2. The van der Waals surface area contributed by atoms with E-state index in [0.717, 1.165) is 22.3 Å². The first-order valence-corrected chi connectivity index (χ1v) is 9.06. The average Bonchev–Trinajstić information content (AvgIpc) is 2.95. The predicted molar refractivity (Wildman–Crippen MR) is 110 cm³/mol. The number of hydrogen-bond donors (Lipinski definition) is 2. The number of pyridine rings is 1. The number of para-hydroxylation sites is 1. The number of aryl methyl sites for hydroxylation is 1. The van der Waals surface area contributed by atoms with Gasteiger partial charge in [-0.3, -0.25) is 4.79 Å². The van der Waals surface area contributed by atoms with E-state index in [1.54, 1.807) is 44.0 Å². The lowest BCUT2D eigenvalue weighted by Gasteiger charge is -2.17. The van der Waals surface area contributed by atoms with Crippen LogP contribution in [0.5, 0.6) is 0 Å². The van der Waals surface area contributed by atoms with Crippen LogP contribution in [0.2, 0.25) is 0 Å². The number of anilines is 1. The van der Waals surface area contributed by atoms with Crippen LogP contribution in [0, 0.1) is 6.92 Å². The number of likely N-dealkylation sites (N-methyl/N-ethyl adjacent to an activating group) is 1. The number of aromatic nitrogens is 1. The number of nitrogen functional groups attached to an aromatic ring is 1. The molecule has 3 N–H and O–H groups in total. The van der Waals surface area contributed by atoms with Crippen molar-refractivity contribution < 1.29 is 14.3 Å². The molecule has 28 heavy (non-hydrogen) atoms. The number of carbonyl (C=O) groups is 1. The number of nitrogens with zero attached hydrogens (tertiary/aromatic N) is 2. The number of aliphatic hydroxyl groups is 1. The number of nitrogens with two attached hydrogens (primary N) is 1. The predicted octanol–water partition coefficient (Wildman–Crippen LogP) is 3.62. The maximum Gasteiger partial charge on any atom is 0.246 e. The zero-order valence-corrected chi connectivity index (χ0v) is 16.6. The Kier molecular flexibility index (Phi) is 5.25. The Labute approximate surface area is 164 Å². The van der Waals surface area contributed by atoms with Gasteiger partial charge < -0.3 is 20.2 Å². The third kappa shape index (κ3) is 4.07. The minimum Gasteiger partial charge on any atom is -0.459 e. The Morgan fingerprint density at radius 2 is 2.00 bits per heavy atom. The summed E-state index contributed by atoms with van der Waals surface area (Å²) in [6, 6.07) is 11.3. The van der Waals surface area contributed by atoms with E-state index < -0.39 is 5.60 Å². The summed E-state index contributed by atoms with van der Waals surface area (Å²) in [7, 11) is 1.72. The molecule has 0 saturated heterocycles. The molecular weight excluding hydrogens is 354 g/mol. The van der Waals surface area contributed by atoms with Crippen molar-refractivity contribution in [2.75, 3.05) is 12.8 Å². The van der Waals surface area contributed by atoms with Crippen molar-refractivity contribution in [2.24, 2.45) is 0 Å². The van der Waals surface area contributed by atoms with Gasteiger partial charge in [-0.25, -0.2) is 4.98 Å². The molecular formula is C22H25N3O3. The lowest BCUT2D eigenvalue weighted by atomic mass is 10.0. The van der Waals surface area contributed by atoms with Gasteiger partial charge in [-0.15, -0.1) is 0 Å². The summed E-state index contributed by atoms with van der Waals surface area (Å²) in [5, 5.41) is 11.1. The van der Waals surface area contributed by atoms with Gasteiger partial charge in [0, 0.05) is 29.6 Å². The van der Waals surface area contributed by atoms with Crippen molar-refractivity contribution in [3.05, 3.63) is 65.1 Å². The van der Waals surface area contributed by atoms with Crippen molar-refractivity contribution >= 4 is 28.8 Å². The molecule has 0 saturated carbocycles. The maximum absolute atomic E-state index is 12.5. The van der Waals surface area contributed by atoms with Gasteiger partial charge in [0.15, 0.2) is 0 Å².